The fourth-order valence-electron chi connectivity index (χ4n) is 3.43. The molecule has 1 N–H and O–H groups in total. The third-order valence-electron chi connectivity index (χ3n) is 5.46. The molecule has 0 aromatic heterocycles. The maximum absolute atomic E-state index is 12.7. The maximum atomic E-state index is 12.7. The van der Waals surface area contributed by atoms with E-state index in [1.807, 2.05) is 62.4 Å². The number of hydrogen-bond donors (Lipinski definition) is 1. The highest BCUT2D eigenvalue weighted by Crippen LogP contribution is 2.28. The molecule has 4 aromatic carbocycles. The Kier molecular flexibility index (Phi) is 7.43. The molecule has 0 fully saturated rings. The van der Waals surface area contributed by atoms with Crippen LogP contribution in [0.4, 0.5) is 0 Å². The van der Waals surface area contributed by atoms with Gasteiger partial charge in [-0.3, -0.25) is 4.79 Å². The number of amides is 1. The Morgan fingerprint density at radius 3 is 2.51 bits per heavy atom. The molecular formula is C28H23ClN2O4. The van der Waals surface area contributed by atoms with Gasteiger partial charge in [-0.25, -0.2) is 10.2 Å². The number of rotatable bonds is 7. The van der Waals surface area contributed by atoms with Gasteiger partial charge in [0.1, 0.15) is 11.5 Å². The molecule has 0 saturated carbocycles. The molecule has 7 heteroatoms. The van der Waals surface area contributed by atoms with Gasteiger partial charge in [-0.15, -0.1) is 0 Å². The molecule has 4 aromatic rings. The summed E-state index contributed by atoms with van der Waals surface area (Å²) >= 11 is 6.14. The number of carbonyl (C=O) groups excluding carboxylic acids is 2. The number of hydrazone groups is 1. The molecule has 1 amide bonds. The standard InChI is InChI=1S/C28H23ClN2O4/c1-18-11-13-21(15-19(18)2)34-17-27(32)31-30-16-24-22-8-4-3-7-20(22)12-14-26(24)35-28(33)23-9-5-6-10-25(23)29/h3-16H,17H2,1-2H3,(H,31,32)/b30-16+. The van der Waals surface area contributed by atoms with Crippen LogP contribution in [0.2, 0.25) is 5.02 Å². The molecule has 0 radical (unpaired) electrons. The number of ether oxygens (including phenoxy) is 2. The van der Waals surface area contributed by atoms with Gasteiger partial charge in [0.25, 0.3) is 5.91 Å². The lowest BCUT2D eigenvalue weighted by Crippen LogP contribution is -2.24. The van der Waals surface area contributed by atoms with Crippen molar-refractivity contribution in [3.8, 4) is 11.5 Å². The van der Waals surface area contributed by atoms with Gasteiger partial charge in [0, 0.05) is 5.56 Å². The molecular weight excluding hydrogens is 464 g/mol. The lowest BCUT2D eigenvalue weighted by molar-refractivity contribution is -0.123. The van der Waals surface area contributed by atoms with Crippen molar-refractivity contribution in [2.24, 2.45) is 5.10 Å². The highest BCUT2D eigenvalue weighted by molar-refractivity contribution is 6.33. The van der Waals surface area contributed by atoms with E-state index in [9.17, 15) is 9.59 Å². The molecule has 35 heavy (non-hydrogen) atoms. The Labute approximate surface area is 208 Å². The Morgan fingerprint density at radius 1 is 0.943 bits per heavy atom. The first-order chi connectivity index (χ1) is 16.9. The van der Waals surface area contributed by atoms with Crippen molar-refractivity contribution >= 4 is 40.5 Å². The molecule has 0 unspecified atom stereocenters. The number of hydrogen-bond acceptors (Lipinski definition) is 5. The fraction of sp³-hybridized carbons (Fsp3) is 0.107. The number of carbonyl (C=O) groups is 2. The molecule has 0 saturated heterocycles. The van der Waals surface area contributed by atoms with Gasteiger partial charge in [-0.05, 0) is 66.1 Å². The van der Waals surface area contributed by atoms with Crippen molar-refractivity contribution in [3.63, 3.8) is 0 Å². The minimum atomic E-state index is -0.591. The molecule has 0 heterocycles. The predicted octanol–water partition coefficient (Wildman–Crippen LogP) is 5.86. The van der Waals surface area contributed by atoms with Crippen LogP contribution in [0, 0.1) is 13.8 Å². The number of fused-ring (bicyclic) bond motifs is 1. The van der Waals surface area contributed by atoms with Gasteiger partial charge in [-0.2, -0.15) is 5.10 Å². The third kappa shape index (κ3) is 5.86. The van der Waals surface area contributed by atoms with E-state index >= 15 is 0 Å². The molecule has 0 aliphatic carbocycles. The van der Waals surface area contributed by atoms with Crippen LogP contribution in [0.3, 0.4) is 0 Å². The minimum Gasteiger partial charge on any atom is -0.484 e. The van der Waals surface area contributed by atoms with Gasteiger partial charge in [0.2, 0.25) is 0 Å². The number of benzene rings is 4. The summed E-state index contributed by atoms with van der Waals surface area (Å²) in [7, 11) is 0. The average molecular weight is 487 g/mol. The van der Waals surface area contributed by atoms with Gasteiger partial charge >= 0.3 is 5.97 Å². The van der Waals surface area contributed by atoms with Crippen molar-refractivity contribution in [3.05, 3.63) is 106 Å². The highest BCUT2D eigenvalue weighted by Gasteiger charge is 2.16. The normalized spacial score (nSPS) is 10.9. The second-order valence-electron chi connectivity index (χ2n) is 7.90. The molecule has 0 atom stereocenters. The second kappa shape index (κ2) is 10.8. The Balaban J connectivity index is 1.51. The van der Waals surface area contributed by atoms with Crippen molar-refractivity contribution in [2.75, 3.05) is 6.61 Å². The Bertz CT molecular complexity index is 1430. The lowest BCUT2D eigenvalue weighted by Gasteiger charge is -2.11. The first-order valence-corrected chi connectivity index (χ1v) is 11.3. The van der Waals surface area contributed by atoms with Gasteiger partial charge in [-0.1, -0.05) is 60.1 Å². The van der Waals surface area contributed by atoms with Crippen LogP contribution >= 0.6 is 11.6 Å². The lowest BCUT2D eigenvalue weighted by atomic mass is 10.0. The van der Waals surface area contributed by atoms with E-state index in [0.29, 0.717) is 16.3 Å². The van der Waals surface area contributed by atoms with E-state index in [0.717, 1.165) is 21.9 Å². The fourth-order valence-corrected chi connectivity index (χ4v) is 3.65. The van der Waals surface area contributed by atoms with Crippen molar-refractivity contribution in [2.45, 2.75) is 13.8 Å². The topological polar surface area (TPSA) is 77.0 Å². The largest absolute Gasteiger partial charge is 0.484 e. The van der Waals surface area contributed by atoms with Crippen molar-refractivity contribution < 1.29 is 19.1 Å². The Morgan fingerprint density at radius 2 is 1.71 bits per heavy atom. The zero-order valence-electron chi connectivity index (χ0n) is 19.2. The molecule has 0 aliphatic heterocycles. The van der Waals surface area contributed by atoms with Crippen LogP contribution in [0.5, 0.6) is 11.5 Å². The summed E-state index contributed by atoms with van der Waals surface area (Å²) in [5.41, 5.74) is 5.48. The summed E-state index contributed by atoms with van der Waals surface area (Å²) in [6.07, 6.45) is 1.45. The van der Waals surface area contributed by atoms with E-state index < -0.39 is 11.9 Å². The van der Waals surface area contributed by atoms with Crippen LogP contribution in [-0.2, 0) is 4.79 Å². The first-order valence-electron chi connectivity index (χ1n) is 10.9. The summed E-state index contributed by atoms with van der Waals surface area (Å²) in [6, 6.07) is 23.4. The number of aryl methyl sites for hydroxylation is 2. The van der Waals surface area contributed by atoms with E-state index in [2.05, 4.69) is 10.5 Å². The summed E-state index contributed by atoms with van der Waals surface area (Å²) in [4.78, 5) is 25.0. The SMILES string of the molecule is Cc1ccc(OCC(=O)N/N=C/c2c(OC(=O)c3ccccc3Cl)ccc3ccccc23)cc1C. The molecule has 0 aliphatic rings. The quantitative estimate of drug-likeness (QED) is 0.154. The number of halogens is 1. The Hall–Kier alpha value is -4.16. The average Bonchev–Trinajstić information content (AvgIpc) is 2.86. The van der Waals surface area contributed by atoms with E-state index in [4.69, 9.17) is 21.1 Å². The monoisotopic (exact) mass is 486 g/mol. The predicted molar refractivity (Wildman–Crippen MR) is 138 cm³/mol. The number of nitrogens with one attached hydrogen (secondary N) is 1. The van der Waals surface area contributed by atoms with Crippen LogP contribution in [-0.4, -0.2) is 24.7 Å². The van der Waals surface area contributed by atoms with Gasteiger partial charge in [0.15, 0.2) is 6.61 Å². The molecule has 6 nitrogen and oxygen atoms in total. The van der Waals surface area contributed by atoms with E-state index in [1.54, 1.807) is 30.3 Å². The van der Waals surface area contributed by atoms with Crippen LogP contribution in [0.15, 0.2) is 84.0 Å². The summed E-state index contributed by atoms with van der Waals surface area (Å²) in [5.74, 6) is -0.117. The zero-order chi connectivity index (χ0) is 24.8. The summed E-state index contributed by atoms with van der Waals surface area (Å²) in [5, 5.41) is 6.10. The third-order valence-corrected chi connectivity index (χ3v) is 5.79. The molecule has 0 bridgehead atoms. The molecule has 176 valence electrons. The molecule has 4 rings (SSSR count). The molecule has 0 spiro atoms. The summed E-state index contributed by atoms with van der Waals surface area (Å²) < 4.78 is 11.2. The zero-order valence-corrected chi connectivity index (χ0v) is 20.0. The summed E-state index contributed by atoms with van der Waals surface area (Å²) in [6.45, 7) is 3.80. The van der Waals surface area contributed by atoms with Crippen molar-refractivity contribution in [1.29, 1.82) is 0 Å². The minimum absolute atomic E-state index is 0.191. The second-order valence-corrected chi connectivity index (χ2v) is 8.30. The highest BCUT2D eigenvalue weighted by atomic mass is 35.5. The number of esters is 1. The maximum Gasteiger partial charge on any atom is 0.345 e. The first kappa shape index (κ1) is 24.0. The van der Waals surface area contributed by atoms with Gasteiger partial charge in [0.05, 0.1) is 16.8 Å². The number of nitrogens with zero attached hydrogens (tertiary/aromatic N) is 1. The van der Waals surface area contributed by atoms with Crippen LogP contribution < -0.4 is 14.9 Å². The smallest absolute Gasteiger partial charge is 0.345 e. The van der Waals surface area contributed by atoms with Gasteiger partial charge < -0.3 is 9.47 Å². The van der Waals surface area contributed by atoms with Crippen molar-refractivity contribution in [1.82, 2.24) is 5.43 Å². The van der Waals surface area contributed by atoms with E-state index in [-0.39, 0.29) is 17.9 Å². The van der Waals surface area contributed by atoms with E-state index in [1.165, 1.54) is 6.21 Å². The van der Waals surface area contributed by atoms with Crippen LogP contribution in [0.25, 0.3) is 10.8 Å². The van der Waals surface area contributed by atoms with Crippen LogP contribution in [0.1, 0.15) is 27.0 Å².